The van der Waals surface area contributed by atoms with Crippen LogP contribution >= 0.6 is 0 Å². The third-order valence-electron chi connectivity index (χ3n) is 4.12. The van der Waals surface area contributed by atoms with Crippen LogP contribution in [0.15, 0.2) is 24.3 Å². The Morgan fingerprint density at radius 2 is 1.89 bits per heavy atom. The van der Waals surface area contributed by atoms with Crippen LogP contribution in [-0.4, -0.2) is 31.1 Å². The first-order chi connectivity index (χ1) is 9.15. The molecule has 0 radical (unpaired) electrons. The van der Waals surface area contributed by atoms with Crippen LogP contribution in [0.3, 0.4) is 0 Å². The monoisotopic (exact) mass is 264 g/mol. The summed E-state index contributed by atoms with van der Waals surface area (Å²) in [6.07, 6.45) is 2.65. The average molecular weight is 264 g/mol. The van der Waals surface area contributed by atoms with Crippen molar-refractivity contribution in [1.29, 1.82) is 0 Å². The van der Waals surface area contributed by atoms with Crippen LogP contribution in [0.2, 0.25) is 0 Å². The van der Waals surface area contributed by atoms with E-state index >= 15 is 0 Å². The zero-order valence-corrected chi connectivity index (χ0v) is 12.0. The predicted molar refractivity (Wildman–Crippen MR) is 77.7 cm³/mol. The van der Waals surface area contributed by atoms with Gasteiger partial charge in [-0.05, 0) is 56.5 Å². The SMILES string of the molecule is CC1CCN(CCNC(C)c2ccc(F)cc2)CC1. The van der Waals surface area contributed by atoms with Gasteiger partial charge in [0.25, 0.3) is 0 Å². The van der Waals surface area contributed by atoms with E-state index in [0.29, 0.717) is 0 Å². The lowest BCUT2D eigenvalue weighted by Crippen LogP contribution is -2.38. The molecule has 1 atom stereocenters. The van der Waals surface area contributed by atoms with E-state index in [4.69, 9.17) is 0 Å². The highest BCUT2D eigenvalue weighted by atomic mass is 19.1. The maximum atomic E-state index is 12.8. The molecule has 0 aliphatic carbocycles. The molecule has 1 heterocycles. The van der Waals surface area contributed by atoms with Gasteiger partial charge in [0, 0.05) is 19.1 Å². The van der Waals surface area contributed by atoms with Gasteiger partial charge in [-0.2, -0.15) is 0 Å². The van der Waals surface area contributed by atoms with Gasteiger partial charge in [-0.3, -0.25) is 0 Å². The lowest BCUT2D eigenvalue weighted by Gasteiger charge is -2.30. The molecule has 2 rings (SSSR count). The minimum Gasteiger partial charge on any atom is -0.309 e. The van der Waals surface area contributed by atoms with Crippen LogP contribution in [0.25, 0.3) is 0 Å². The third kappa shape index (κ3) is 4.59. The van der Waals surface area contributed by atoms with Crippen molar-refractivity contribution in [2.45, 2.75) is 32.7 Å². The van der Waals surface area contributed by atoms with Crippen LogP contribution < -0.4 is 5.32 Å². The number of nitrogens with one attached hydrogen (secondary N) is 1. The normalized spacial score (nSPS) is 19.5. The molecule has 1 saturated heterocycles. The van der Waals surface area contributed by atoms with Crippen LogP contribution in [-0.2, 0) is 0 Å². The van der Waals surface area contributed by atoms with Gasteiger partial charge < -0.3 is 10.2 Å². The molecular formula is C16H25FN2. The van der Waals surface area contributed by atoms with E-state index in [1.807, 2.05) is 12.1 Å². The number of halogens is 1. The van der Waals surface area contributed by atoms with Crippen molar-refractivity contribution in [2.75, 3.05) is 26.2 Å². The molecule has 2 nitrogen and oxygen atoms in total. The van der Waals surface area contributed by atoms with Crippen molar-refractivity contribution in [3.05, 3.63) is 35.6 Å². The lowest BCUT2D eigenvalue weighted by atomic mass is 9.99. The van der Waals surface area contributed by atoms with E-state index in [1.54, 1.807) is 0 Å². The fourth-order valence-corrected chi connectivity index (χ4v) is 2.59. The number of likely N-dealkylation sites (tertiary alicyclic amines) is 1. The van der Waals surface area contributed by atoms with E-state index in [0.717, 1.165) is 24.6 Å². The molecule has 1 aliphatic heterocycles. The molecule has 19 heavy (non-hydrogen) atoms. The van der Waals surface area contributed by atoms with Gasteiger partial charge in [-0.25, -0.2) is 4.39 Å². The Bertz CT molecular complexity index is 369. The zero-order valence-electron chi connectivity index (χ0n) is 12.0. The minimum atomic E-state index is -0.168. The number of hydrogen-bond acceptors (Lipinski definition) is 2. The first-order valence-corrected chi connectivity index (χ1v) is 7.36. The summed E-state index contributed by atoms with van der Waals surface area (Å²) in [5.41, 5.74) is 1.15. The van der Waals surface area contributed by atoms with Crippen molar-refractivity contribution in [3.8, 4) is 0 Å². The third-order valence-corrected chi connectivity index (χ3v) is 4.12. The molecule has 0 amide bonds. The average Bonchev–Trinajstić information content (AvgIpc) is 2.41. The van der Waals surface area contributed by atoms with Gasteiger partial charge in [0.05, 0.1) is 0 Å². The van der Waals surface area contributed by atoms with Crippen molar-refractivity contribution >= 4 is 0 Å². The Morgan fingerprint density at radius 1 is 1.26 bits per heavy atom. The molecule has 106 valence electrons. The highest BCUT2D eigenvalue weighted by Crippen LogP contribution is 2.16. The zero-order chi connectivity index (χ0) is 13.7. The summed E-state index contributed by atoms with van der Waals surface area (Å²) in [4.78, 5) is 2.53. The lowest BCUT2D eigenvalue weighted by molar-refractivity contribution is 0.191. The quantitative estimate of drug-likeness (QED) is 0.878. The fourth-order valence-electron chi connectivity index (χ4n) is 2.59. The first kappa shape index (κ1) is 14.5. The Labute approximate surface area is 116 Å². The highest BCUT2D eigenvalue weighted by molar-refractivity contribution is 5.19. The minimum absolute atomic E-state index is 0.168. The molecule has 1 N–H and O–H groups in total. The molecule has 1 aromatic carbocycles. The number of nitrogens with zero attached hydrogens (tertiary/aromatic N) is 1. The van der Waals surface area contributed by atoms with Gasteiger partial charge in [0.2, 0.25) is 0 Å². The van der Waals surface area contributed by atoms with E-state index in [9.17, 15) is 4.39 Å². The van der Waals surface area contributed by atoms with Crippen LogP contribution in [0.4, 0.5) is 4.39 Å². The second-order valence-corrected chi connectivity index (χ2v) is 5.75. The summed E-state index contributed by atoms with van der Waals surface area (Å²) < 4.78 is 12.8. The molecule has 0 saturated carbocycles. The highest BCUT2D eigenvalue weighted by Gasteiger charge is 2.15. The Morgan fingerprint density at radius 3 is 2.53 bits per heavy atom. The Hall–Kier alpha value is -0.930. The molecule has 0 aromatic heterocycles. The summed E-state index contributed by atoms with van der Waals surface area (Å²) in [6.45, 7) is 9.03. The standard InChI is InChI=1S/C16H25FN2/c1-13-7-10-19(11-8-13)12-9-18-14(2)15-3-5-16(17)6-4-15/h3-6,13-14,18H,7-12H2,1-2H3. The maximum Gasteiger partial charge on any atom is 0.123 e. The second kappa shape index (κ2) is 7.01. The number of hydrogen-bond donors (Lipinski definition) is 1. The number of benzene rings is 1. The second-order valence-electron chi connectivity index (χ2n) is 5.75. The largest absolute Gasteiger partial charge is 0.309 e. The molecule has 0 bridgehead atoms. The topological polar surface area (TPSA) is 15.3 Å². The maximum absolute atomic E-state index is 12.8. The van der Waals surface area contributed by atoms with Gasteiger partial charge in [-0.15, -0.1) is 0 Å². The summed E-state index contributed by atoms with van der Waals surface area (Å²) in [5, 5.41) is 3.51. The molecule has 1 aromatic rings. The number of piperidine rings is 1. The summed E-state index contributed by atoms with van der Waals surface area (Å²) in [7, 11) is 0. The molecule has 1 aliphatic rings. The van der Waals surface area contributed by atoms with Crippen molar-refractivity contribution < 1.29 is 4.39 Å². The van der Waals surface area contributed by atoms with E-state index in [-0.39, 0.29) is 11.9 Å². The van der Waals surface area contributed by atoms with Crippen molar-refractivity contribution in [3.63, 3.8) is 0 Å². The van der Waals surface area contributed by atoms with Crippen molar-refractivity contribution in [2.24, 2.45) is 5.92 Å². The first-order valence-electron chi connectivity index (χ1n) is 7.36. The molecule has 1 unspecified atom stereocenters. The molecular weight excluding hydrogens is 239 g/mol. The van der Waals surface area contributed by atoms with Gasteiger partial charge in [0.15, 0.2) is 0 Å². The summed E-state index contributed by atoms with van der Waals surface area (Å²) in [6, 6.07) is 7.05. The van der Waals surface area contributed by atoms with Gasteiger partial charge in [0.1, 0.15) is 5.82 Å². The van der Waals surface area contributed by atoms with E-state index < -0.39 is 0 Å². The van der Waals surface area contributed by atoms with E-state index in [2.05, 4.69) is 24.1 Å². The Kier molecular flexibility index (Phi) is 5.34. The van der Waals surface area contributed by atoms with Gasteiger partial charge >= 0.3 is 0 Å². The number of rotatable bonds is 5. The predicted octanol–water partition coefficient (Wildman–Crippen LogP) is 3.21. The molecule has 1 fully saturated rings. The molecule has 3 heteroatoms. The molecule has 0 spiro atoms. The van der Waals surface area contributed by atoms with Gasteiger partial charge in [-0.1, -0.05) is 19.1 Å². The Balaban J connectivity index is 1.69. The van der Waals surface area contributed by atoms with Crippen LogP contribution in [0.1, 0.15) is 38.3 Å². The summed E-state index contributed by atoms with van der Waals surface area (Å²) >= 11 is 0. The smallest absolute Gasteiger partial charge is 0.123 e. The van der Waals surface area contributed by atoms with Crippen molar-refractivity contribution in [1.82, 2.24) is 10.2 Å². The van der Waals surface area contributed by atoms with Crippen LogP contribution in [0, 0.1) is 11.7 Å². The summed E-state index contributed by atoms with van der Waals surface area (Å²) in [5.74, 6) is 0.723. The van der Waals surface area contributed by atoms with Crippen LogP contribution in [0.5, 0.6) is 0 Å². The van der Waals surface area contributed by atoms with E-state index in [1.165, 1.54) is 38.1 Å². The fraction of sp³-hybridized carbons (Fsp3) is 0.625.